The molecule has 0 aromatic heterocycles. The summed E-state index contributed by atoms with van der Waals surface area (Å²) in [7, 11) is 1.83. The van der Waals surface area contributed by atoms with Gasteiger partial charge in [-0.05, 0) is 29.3 Å². The van der Waals surface area contributed by atoms with Gasteiger partial charge in [0, 0.05) is 17.6 Å². The molecule has 90 valence electrons. The summed E-state index contributed by atoms with van der Waals surface area (Å²) in [5, 5.41) is 0.707. The van der Waals surface area contributed by atoms with E-state index in [9.17, 15) is 4.79 Å². The number of carbonyl (C=O) groups is 1. The number of fused-ring (bicyclic) bond motifs is 1. The Hall–Kier alpha value is -1.80. The fourth-order valence-electron chi connectivity index (χ4n) is 2.49. The maximum atomic E-state index is 12.1. The quantitative estimate of drug-likeness (QED) is 0.766. The number of benzene rings is 2. The predicted molar refractivity (Wildman–Crippen MR) is 71.8 cm³/mol. The third-order valence-corrected chi connectivity index (χ3v) is 3.63. The third-order valence-electron chi connectivity index (χ3n) is 3.38. The van der Waals surface area contributed by atoms with Gasteiger partial charge < -0.3 is 4.90 Å². The molecule has 18 heavy (non-hydrogen) atoms. The lowest BCUT2D eigenvalue weighted by atomic mass is 9.98. The summed E-state index contributed by atoms with van der Waals surface area (Å²) in [6.07, 6.45) is 0. The maximum absolute atomic E-state index is 12.1. The van der Waals surface area contributed by atoms with Crippen LogP contribution in [0.15, 0.2) is 48.5 Å². The lowest BCUT2D eigenvalue weighted by molar-refractivity contribution is 0.0793. The van der Waals surface area contributed by atoms with Crippen molar-refractivity contribution in [1.29, 1.82) is 0 Å². The Bertz CT molecular complexity index is 606. The fourth-order valence-corrected chi connectivity index (χ4v) is 2.62. The van der Waals surface area contributed by atoms with Crippen molar-refractivity contribution in [3.8, 4) is 0 Å². The molecule has 1 aliphatic rings. The summed E-state index contributed by atoms with van der Waals surface area (Å²) in [5.74, 6) is 0.0746. The molecule has 0 saturated heterocycles. The van der Waals surface area contributed by atoms with Crippen LogP contribution in [-0.4, -0.2) is 17.9 Å². The van der Waals surface area contributed by atoms with E-state index in [0.29, 0.717) is 5.02 Å². The van der Waals surface area contributed by atoms with Gasteiger partial charge in [-0.15, -0.1) is 0 Å². The van der Waals surface area contributed by atoms with Crippen molar-refractivity contribution < 1.29 is 4.79 Å². The van der Waals surface area contributed by atoms with Crippen molar-refractivity contribution in [3.05, 3.63) is 70.2 Å². The molecule has 2 nitrogen and oxygen atoms in total. The van der Waals surface area contributed by atoms with Crippen LogP contribution < -0.4 is 0 Å². The number of nitrogens with zero attached hydrogens (tertiary/aromatic N) is 1. The second-order valence-corrected chi connectivity index (χ2v) is 4.89. The monoisotopic (exact) mass is 257 g/mol. The van der Waals surface area contributed by atoms with Crippen LogP contribution in [0.1, 0.15) is 27.5 Å². The third kappa shape index (κ3) is 1.61. The molecule has 1 unspecified atom stereocenters. The van der Waals surface area contributed by atoms with Gasteiger partial charge in [0.1, 0.15) is 0 Å². The van der Waals surface area contributed by atoms with E-state index in [4.69, 9.17) is 11.6 Å². The van der Waals surface area contributed by atoms with Gasteiger partial charge in [0.2, 0.25) is 0 Å². The number of amides is 1. The van der Waals surface area contributed by atoms with Gasteiger partial charge >= 0.3 is 0 Å². The number of hydrogen-bond donors (Lipinski definition) is 0. The second kappa shape index (κ2) is 4.14. The van der Waals surface area contributed by atoms with Crippen LogP contribution in [0.3, 0.4) is 0 Å². The Labute approximate surface area is 111 Å². The average Bonchev–Trinajstić information content (AvgIpc) is 2.64. The first-order valence-electron chi connectivity index (χ1n) is 5.80. The minimum Gasteiger partial charge on any atom is -0.331 e. The van der Waals surface area contributed by atoms with Crippen LogP contribution in [0.5, 0.6) is 0 Å². The first-order valence-corrected chi connectivity index (χ1v) is 6.18. The van der Waals surface area contributed by atoms with E-state index in [1.54, 1.807) is 4.90 Å². The van der Waals surface area contributed by atoms with Crippen molar-refractivity contribution in [2.45, 2.75) is 6.04 Å². The molecule has 1 atom stereocenters. The molecule has 0 radical (unpaired) electrons. The molecule has 3 rings (SSSR count). The highest BCUT2D eigenvalue weighted by Gasteiger charge is 2.34. The maximum Gasteiger partial charge on any atom is 0.254 e. The zero-order valence-corrected chi connectivity index (χ0v) is 10.7. The largest absolute Gasteiger partial charge is 0.331 e. The molecule has 1 aliphatic heterocycles. The van der Waals surface area contributed by atoms with Gasteiger partial charge in [0.15, 0.2) is 0 Å². The van der Waals surface area contributed by atoms with E-state index >= 15 is 0 Å². The highest BCUT2D eigenvalue weighted by atomic mass is 35.5. The number of rotatable bonds is 1. The van der Waals surface area contributed by atoms with Gasteiger partial charge in [-0.1, -0.05) is 41.9 Å². The van der Waals surface area contributed by atoms with Crippen LogP contribution in [-0.2, 0) is 0 Å². The molecule has 0 aliphatic carbocycles. The molecule has 0 fully saturated rings. The lowest BCUT2D eigenvalue weighted by Gasteiger charge is -2.21. The summed E-state index contributed by atoms with van der Waals surface area (Å²) in [6, 6.07) is 15.4. The molecule has 3 heteroatoms. The summed E-state index contributed by atoms with van der Waals surface area (Å²) < 4.78 is 0. The van der Waals surface area contributed by atoms with E-state index in [1.807, 2.05) is 55.6 Å². The second-order valence-electron chi connectivity index (χ2n) is 4.46. The highest BCUT2D eigenvalue weighted by Crippen LogP contribution is 2.37. The summed E-state index contributed by atoms with van der Waals surface area (Å²) >= 11 is 5.90. The van der Waals surface area contributed by atoms with Crippen molar-refractivity contribution >= 4 is 17.5 Å². The normalized spacial score (nSPS) is 18.0. The van der Waals surface area contributed by atoms with Gasteiger partial charge in [-0.2, -0.15) is 0 Å². The number of carbonyl (C=O) groups excluding carboxylic acids is 1. The minimum atomic E-state index is -0.00836. The minimum absolute atomic E-state index is 0.00836. The van der Waals surface area contributed by atoms with Crippen LogP contribution >= 0.6 is 11.6 Å². The first kappa shape index (κ1) is 11.3. The zero-order chi connectivity index (χ0) is 12.7. The molecular weight excluding hydrogens is 246 g/mol. The zero-order valence-electron chi connectivity index (χ0n) is 9.93. The summed E-state index contributed by atoms with van der Waals surface area (Å²) in [4.78, 5) is 13.9. The van der Waals surface area contributed by atoms with Gasteiger partial charge in [-0.3, -0.25) is 4.79 Å². The van der Waals surface area contributed by atoms with Crippen LogP contribution in [0.25, 0.3) is 0 Å². The Balaban J connectivity index is 2.13. The van der Waals surface area contributed by atoms with Crippen molar-refractivity contribution in [2.75, 3.05) is 7.05 Å². The van der Waals surface area contributed by atoms with Gasteiger partial charge in [0.25, 0.3) is 5.91 Å². The van der Waals surface area contributed by atoms with Gasteiger partial charge in [-0.25, -0.2) is 0 Å². The predicted octanol–water partition coefficient (Wildman–Crippen LogP) is 3.52. The molecule has 0 spiro atoms. The van der Waals surface area contributed by atoms with E-state index < -0.39 is 0 Å². The Kier molecular flexibility index (Phi) is 2.60. The van der Waals surface area contributed by atoms with E-state index in [-0.39, 0.29) is 11.9 Å². The van der Waals surface area contributed by atoms with E-state index in [1.165, 1.54) is 0 Å². The smallest absolute Gasteiger partial charge is 0.254 e. The number of hydrogen-bond acceptors (Lipinski definition) is 1. The molecule has 1 amide bonds. The van der Waals surface area contributed by atoms with Gasteiger partial charge in [0.05, 0.1) is 6.04 Å². The SMILES string of the molecule is CN1C(=O)c2ccccc2C1c1ccc(Cl)cc1. The number of halogens is 1. The van der Waals surface area contributed by atoms with Crippen molar-refractivity contribution in [3.63, 3.8) is 0 Å². The first-order chi connectivity index (χ1) is 8.68. The Morgan fingerprint density at radius 2 is 1.72 bits per heavy atom. The molecule has 0 bridgehead atoms. The lowest BCUT2D eigenvalue weighted by Crippen LogP contribution is -2.23. The highest BCUT2D eigenvalue weighted by molar-refractivity contribution is 6.30. The molecule has 2 aromatic carbocycles. The van der Waals surface area contributed by atoms with Crippen molar-refractivity contribution in [1.82, 2.24) is 4.90 Å². The Morgan fingerprint density at radius 1 is 1.06 bits per heavy atom. The standard InChI is InChI=1S/C15H12ClNO/c1-17-14(10-6-8-11(16)9-7-10)12-4-2-3-5-13(12)15(17)18/h2-9,14H,1H3. The van der Waals surface area contributed by atoms with Crippen LogP contribution in [0.4, 0.5) is 0 Å². The molecule has 0 saturated carbocycles. The van der Waals surface area contributed by atoms with Crippen LogP contribution in [0, 0.1) is 0 Å². The molecule has 2 aromatic rings. The van der Waals surface area contributed by atoms with Crippen LogP contribution in [0.2, 0.25) is 5.02 Å². The fraction of sp³-hybridized carbons (Fsp3) is 0.133. The summed E-state index contributed by atoms with van der Waals surface area (Å²) in [5.41, 5.74) is 2.94. The Morgan fingerprint density at radius 3 is 2.44 bits per heavy atom. The summed E-state index contributed by atoms with van der Waals surface area (Å²) in [6.45, 7) is 0. The van der Waals surface area contributed by atoms with E-state index in [2.05, 4.69) is 0 Å². The molecule has 1 heterocycles. The molecular formula is C15H12ClNO. The molecule has 0 N–H and O–H groups in total. The van der Waals surface area contributed by atoms with Crippen molar-refractivity contribution in [2.24, 2.45) is 0 Å². The van der Waals surface area contributed by atoms with E-state index in [0.717, 1.165) is 16.7 Å². The average molecular weight is 258 g/mol. The topological polar surface area (TPSA) is 20.3 Å².